The fourth-order valence-corrected chi connectivity index (χ4v) is 6.10. The van der Waals surface area contributed by atoms with Gasteiger partial charge < -0.3 is 10.2 Å². The summed E-state index contributed by atoms with van der Waals surface area (Å²) in [4.78, 5) is 11.8. The average molecular weight is 370 g/mol. The first-order valence-corrected chi connectivity index (χ1v) is 8.47. The topological polar surface area (TPSA) is 94.9 Å². The molecule has 1 fully saturated rings. The largest absolute Gasteiger partial charge is 0.480 e. The van der Waals surface area contributed by atoms with E-state index in [0.29, 0.717) is 8.66 Å². The van der Waals surface area contributed by atoms with E-state index in [1.165, 1.54) is 17.4 Å². The summed E-state index contributed by atoms with van der Waals surface area (Å²) in [6.45, 7) is 1.47. The van der Waals surface area contributed by atoms with E-state index >= 15 is 0 Å². The van der Waals surface area contributed by atoms with Crippen molar-refractivity contribution in [3.05, 3.63) is 14.7 Å². The first-order valence-electron chi connectivity index (χ1n) is 5.42. The molecular weight excluding hydrogens is 358 g/mol. The van der Waals surface area contributed by atoms with Gasteiger partial charge in [0.2, 0.25) is 10.0 Å². The molecule has 0 bridgehead atoms. The van der Waals surface area contributed by atoms with Crippen molar-refractivity contribution in [2.24, 2.45) is 0 Å². The number of thiophene rings is 1. The van der Waals surface area contributed by atoms with Gasteiger partial charge in [-0.15, -0.1) is 11.3 Å². The van der Waals surface area contributed by atoms with E-state index in [4.69, 9.17) is 5.11 Å². The Labute approximate surface area is 122 Å². The lowest BCUT2D eigenvalue weighted by Crippen LogP contribution is -2.40. The quantitative estimate of drug-likeness (QED) is 0.829. The van der Waals surface area contributed by atoms with Gasteiger partial charge in [0.15, 0.2) is 0 Å². The van der Waals surface area contributed by atoms with Crippen molar-refractivity contribution >= 4 is 43.3 Å². The molecule has 2 atom stereocenters. The first kappa shape index (κ1) is 14.9. The zero-order valence-electron chi connectivity index (χ0n) is 9.91. The minimum Gasteiger partial charge on any atom is -0.480 e. The van der Waals surface area contributed by atoms with E-state index in [1.54, 1.807) is 6.92 Å². The van der Waals surface area contributed by atoms with Crippen molar-refractivity contribution in [1.82, 2.24) is 4.31 Å². The molecule has 6 nitrogen and oxygen atoms in total. The van der Waals surface area contributed by atoms with Crippen molar-refractivity contribution in [1.29, 1.82) is 0 Å². The molecular formula is C10H12BrNO5S2. The molecule has 2 unspecified atom stereocenters. The number of carboxylic acid groups (broad SMARTS) is 1. The van der Waals surface area contributed by atoms with Crippen molar-refractivity contribution < 1.29 is 23.4 Å². The lowest BCUT2D eigenvalue weighted by Gasteiger charge is -2.20. The van der Waals surface area contributed by atoms with E-state index in [0.717, 1.165) is 4.31 Å². The molecule has 0 amide bonds. The highest BCUT2D eigenvalue weighted by Gasteiger charge is 2.44. The van der Waals surface area contributed by atoms with Gasteiger partial charge in [-0.05, 0) is 28.9 Å². The predicted octanol–water partition coefficient (Wildman–Crippen LogP) is 1.03. The van der Waals surface area contributed by atoms with E-state index in [2.05, 4.69) is 15.9 Å². The number of hydrogen-bond donors (Lipinski definition) is 2. The predicted molar refractivity (Wildman–Crippen MR) is 72.7 cm³/mol. The number of carboxylic acids is 1. The summed E-state index contributed by atoms with van der Waals surface area (Å²) in [5, 5.41) is 18.6. The molecule has 2 heterocycles. The summed E-state index contributed by atoms with van der Waals surface area (Å²) in [6.07, 6.45) is -1.03. The van der Waals surface area contributed by atoms with Gasteiger partial charge >= 0.3 is 5.97 Å². The number of aliphatic hydroxyl groups excluding tert-OH is 1. The lowest BCUT2D eigenvalue weighted by atomic mass is 10.2. The molecule has 2 N–H and O–H groups in total. The van der Waals surface area contributed by atoms with E-state index in [1.807, 2.05) is 0 Å². The van der Waals surface area contributed by atoms with Gasteiger partial charge in [0.05, 0.1) is 14.8 Å². The first-order chi connectivity index (χ1) is 8.73. The Morgan fingerprint density at radius 2 is 2.21 bits per heavy atom. The maximum Gasteiger partial charge on any atom is 0.322 e. The van der Waals surface area contributed by atoms with Crippen LogP contribution in [0.5, 0.6) is 0 Å². The number of halogens is 1. The minimum atomic E-state index is -3.90. The zero-order valence-corrected chi connectivity index (χ0v) is 13.1. The van der Waals surface area contributed by atoms with Crippen molar-refractivity contribution in [2.75, 3.05) is 6.54 Å². The molecule has 106 valence electrons. The van der Waals surface area contributed by atoms with Crippen molar-refractivity contribution in [3.63, 3.8) is 0 Å². The summed E-state index contributed by atoms with van der Waals surface area (Å²) in [5.74, 6) is -1.24. The maximum atomic E-state index is 12.5. The van der Waals surface area contributed by atoms with Crippen LogP contribution in [0.25, 0.3) is 0 Å². The van der Waals surface area contributed by atoms with E-state index in [-0.39, 0.29) is 17.9 Å². The van der Waals surface area contributed by atoms with Crippen molar-refractivity contribution in [3.8, 4) is 0 Å². The fourth-order valence-electron chi connectivity index (χ4n) is 2.09. The Balaban J connectivity index is 2.44. The molecule has 1 saturated heterocycles. The van der Waals surface area contributed by atoms with Crippen LogP contribution in [0.3, 0.4) is 0 Å². The highest BCUT2D eigenvalue weighted by atomic mass is 79.9. The Kier molecular flexibility index (Phi) is 4.03. The van der Waals surface area contributed by atoms with Gasteiger partial charge in [-0.1, -0.05) is 0 Å². The Hall–Kier alpha value is -0.480. The van der Waals surface area contributed by atoms with Gasteiger partial charge in [-0.2, -0.15) is 4.31 Å². The van der Waals surface area contributed by atoms with Crippen LogP contribution in [0.2, 0.25) is 0 Å². The van der Waals surface area contributed by atoms with Crippen LogP contribution in [0.4, 0.5) is 0 Å². The van der Waals surface area contributed by atoms with Gasteiger partial charge in [-0.25, -0.2) is 8.42 Å². The zero-order chi connectivity index (χ0) is 14.4. The number of sulfonamides is 1. The van der Waals surface area contributed by atoms with Crippen LogP contribution in [0.1, 0.15) is 11.3 Å². The molecule has 0 radical (unpaired) electrons. The van der Waals surface area contributed by atoms with Gasteiger partial charge in [0.1, 0.15) is 6.04 Å². The SMILES string of the molecule is Cc1sc(Br)cc1S(=O)(=O)N1CC(O)CC1C(=O)O. The molecule has 1 aromatic rings. The Morgan fingerprint density at radius 1 is 1.58 bits per heavy atom. The molecule has 2 rings (SSSR count). The summed E-state index contributed by atoms with van der Waals surface area (Å²) >= 11 is 4.48. The highest BCUT2D eigenvalue weighted by Crippen LogP contribution is 2.34. The van der Waals surface area contributed by atoms with Crippen LogP contribution in [-0.4, -0.2) is 47.6 Å². The van der Waals surface area contributed by atoms with Crippen LogP contribution >= 0.6 is 27.3 Å². The van der Waals surface area contributed by atoms with Gasteiger partial charge in [0.25, 0.3) is 0 Å². The lowest BCUT2D eigenvalue weighted by molar-refractivity contribution is -0.140. The maximum absolute atomic E-state index is 12.5. The number of β-amino-alcohol motifs (C(OH)–C–C–N with tert-alkyl or cyclic N) is 1. The number of nitrogens with zero attached hydrogens (tertiary/aromatic N) is 1. The third kappa shape index (κ3) is 2.70. The summed E-state index contributed by atoms with van der Waals surface area (Å²) < 4.78 is 26.5. The Bertz CT molecular complexity index is 611. The Morgan fingerprint density at radius 3 is 2.68 bits per heavy atom. The minimum absolute atomic E-state index is 0.0844. The second-order valence-electron chi connectivity index (χ2n) is 4.29. The monoisotopic (exact) mass is 369 g/mol. The molecule has 0 spiro atoms. The number of aryl methyl sites for hydroxylation is 1. The molecule has 1 aromatic heterocycles. The van der Waals surface area contributed by atoms with E-state index < -0.39 is 28.1 Å². The molecule has 0 aromatic carbocycles. The summed E-state index contributed by atoms with van der Waals surface area (Å²) in [5.41, 5.74) is 0. The summed E-state index contributed by atoms with van der Waals surface area (Å²) in [6, 6.07) is 0.247. The summed E-state index contributed by atoms with van der Waals surface area (Å²) in [7, 11) is -3.90. The number of rotatable bonds is 3. The fraction of sp³-hybridized carbons (Fsp3) is 0.500. The molecule has 1 aliphatic rings. The standard InChI is InChI=1S/C10H12BrNO5S2/c1-5-8(3-9(11)18-5)19(16,17)12-4-6(13)2-7(12)10(14)15/h3,6-7,13H,2,4H2,1H3,(H,14,15). The van der Waals surface area contributed by atoms with Crippen LogP contribution < -0.4 is 0 Å². The van der Waals surface area contributed by atoms with E-state index in [9.17, 15) is 18.3 Å². The molecule has 1 aliphatic heterocycles. The second kappa shape index (κ2) is 5.13. The third-order valence-electron chi connectivity index (χ3n) is 2.95. The highest BCUT2D eigenvalue weighted by molar-refractivity contribution is 9.11. The van der Waals surface area contributed by atoms with Crippen LogP contribution in [0.15, 0.2) is 14.7 Å². The van der Waals surface area contributed by atoms with Gasteiger partial charge in [-0.3, -0.25) is 4.79 Å². The van der Waals surface area contributed by atoms with Crippen LogP contribution in [-0.2, 0) is 14.8 Å². The third-order valence-corrected chi connectivity index (χ3v) is 6.63. The molecule has 9 heteroatoms. The number of aliphatic carboxylic acids is 1. The smallest absolute Gasteiger partial charge is 0.322 e. The average Bonchev–Trinajstić information content (AvgIpc) is 2.82. The molecule has 0 aliphatic carbocycles. The molecule has 19 heavy (non-hydrogen) atoms. The van der Waals surface area contributed by atoms with Crippen molar-refractivity contribution in [2.45, 2.75) is 30.4 Å². The van der Waals surface area contributed by atoms with Gasteiger partial charge in [0, 0.05) is 17.8 Å². The number of hydrogen-bond acceptors (Lipinski definition) is 5. The normalized spacial score (nSPS) is 24.8. The molecule has 0 saturated carbocycles. The second-order valence-corrected chi connectivity index (χ2v) is 8.78. The number of aliphatic hydroxyl groups is 1. The van der Waals surface area contributed by atoms with Crippen LogP contribution in [0, 0.1) is 6.92 Å². The number of carbonyl (C=O) groups is 1.